The maximum atomic E-state index is 8.82. The van der Waals surface area contributed by atoms with Crippen LogP contribution in [0.1, 0.15) is 18.1 Å². The maximum absolute atomic E-state index is 8.82. The van der Waals surface area contributed by atoms with Gasteiger partial charge in [0.05, 0.1) is 23.9 Å². The number of halogens is 1. The van der Waals surface area contributed by atoms with Gasteiger partial charge in [-0.15, -0.1) is 0 Å². The molecule has 3 nitrogen and oxygen atoms in total. The van der Waals surface area contributed by atoms with Gasteiger partial charge in [0.1, 0.15) is 5.75 Å². The Morgan fingerprint density at radius 1 is 1.25 bits per heavy atom. The number of hydrogen-bond acceptors (Lipinski definition) is 3. The number of nitrogens with zero attached hydrogens (tertiary/aromatic N) is 1. The van der Waals surface area contributed by atoms with Crippen LogP contribution in [0.25, 0.3) is 0 Å². The van der Waals surface area contributed by atoms with E-state index in [9.17, 15) is 0 Å². The van der Waals surface area contributed by atoms with Gasteiger partial charge in [-0.3, -0.25) is 0 Å². The molecule has 0 aromatic heterocycles. The molecule has 0 fully saturated rings. The quantitative estimate of drug-likeness (QED) is 0.895. The van der Waals surface area contributed by atoms with E-state index in [0.29, 0.717) is 23.7 Å². The van der Waals surface area contributed by atoms with E-state index in [-0.39, 0.29) is 0 Å². The third-order valence-corrected chi connectivity index (χ3v) is 3.19. The summed E-state index contributed by atoms with van der Waals surface area (Å²) in [6, 6.07) is 15.1. The van der Waals surface area contributed by atoms with Crippen molar-refractivity contribution in [2.45, 2.75) is 13.5 Å². The van der Waals surface area contributed by atoms with Gasteiger partial charge in [-0.05, 0) is 36.8 Å². The predicted molar refractivity (Wildman–Crippen MR) is 81.1 cm³/mol. The Bertz CT molecular complexity index is 635. The topological polar surface area (TPSA) is 45.0 Å². The van der Waals surface area contributed by atoms with Crippen LogP contribution in [-0.2, 0) is 6.54 Å². The standard InChI is InChI=1S/C16H15ClN2O/c1-2-20-16-6-4-3-5-15(16)19-11-13-8-7-12(10-18)9-14(13)17/h3-9,19H,2,11H2,1H3. The molecule has 0 radical (unpaired) electrons. The minimum absolute atomic E-state index is 0.563. The molecule has 102 valence electrons. The molecule has 4 heteroatoms. The van der Waals surface area contributed by atoms with E-state index < -0.39 is 0 Å². The van der Waals surface area contributed by atoms with Gasteiger partial charge in [-0.2, -0.15) is 5.26 Å². The van der Waals surface area contributed by atoms with Gasteiger partial charge >= 0.3 is 0 Å². The van der Waals surface area contributed by atoms with Crippen LogP contribution >= 0.6 is 11.6 Å². The third kappa shape index (κ3) is 3.43. The summed E-state index contributed by atoms with van der Waals surface area (Å²) >= 11 is 6.15. The second kappa shape index (κ2) is 6.83. The number of nitriles is 1. The zero-order chi connectivity index (χ0) is 14.4. The first-order chi connectivity index (χ1) is 9.74. The summed E-state index contributed by atoms with van der Waals surface area (Å²) in [5.41, 5.74) is 2.43. The van der Waals surface area contributed by atoms with Gasteiger partial charge in [0.25, 0.3) is 0 Å². The molecule has 2 rings (SSSR count). The Balaban J connectivity index is 2.11. The van der Waals surface area contributed by atoms with Crippen LogP contribution in [0, 0.1) is 11.3 Å². The third-order valence-electron chi connectivity index (χ3n) is 2.84. The van der Waals surface area contributed by atoms with E-state index in [0.717, 1.165) is 17.0 Å². The van der Waals surface area contributed by atoms with E-state index in [4.69, 9.17) is 21.6 Å². The summed E-state index contributed by atoms with van der Waals surface area (Å²) in [4.78, 5) is 0. The second-order valence-corrected chi connectivity index (χ2v) is 4.61. The summed E-state index contributed by atoms with van der Waals surface area (Å²) in [7, 11) is 0. The Labute approximate surface area is 123 Å². The summed E-state index contributed by atoms with van der Waals surface area (Å²) in [6.07, 6.45) is 0. The zero-order valence-corrected chi connectivity index (χ0v) is 11.9. The maximum Gasteiger partial charge on any atom is 0.142 e. The number of nitrogens with one attached hydrogen (secondary N) is 1. The van der Waals surface area contributed by atoms with Gasteiger partial charge in [0, 0.05) is 11.6 Å². The van der Waals surface area contributed by atoms with Gasteiger partial charge < -0.3 is 10.1 Å². The minimum atomic E-state index is 0.563. The Kier molecular flexibility index (Phi) is 4.86. The van der Waals surface area contributed by atoms with Crippen LogP contribution in [-0.4, -0.2) is 6.61 Å². The van der Waals surface area contributed by atoms with E-state index in [1.54, 1.807) is 12.1 Å². The lowest BCUT2D eigenvalue weighted by Crippen LogP contribution is -2.03. The number of ether oxygens (including phenoxy) is 1. The van der Waals surface area contributed by atoms with Crippen molar-refractivity contribution >= 4 is 17.3 Å². The molecule has 1 N–H and O–H groups in total. The number of para-hydroxylation sites is 2. The van der Waals surface area contributed by atoms with Gasteiger partial charge in [0.2, 0.25) is 0 Å². The summed E-state index contributed by atoms with van der Waals surface area (Å²) < 4.78 is 5.55. The minimum Gasteiger partial charge on any atom is -0.492 e. The second-order valence-electron chi connectivity index (χ2n) is 4.20. The van der Waals surface area contributed by atoms with Crippen LogP contribution in [0.4, 0.5) is 5.69 Å². The molecular formula is C16H15ClN2O. The molecule has 2 aromatic rings. The first-order valence-corrected chi connectivity index (χ1v) is 6.76. The molecule has 0 saturated heterocycles. The molecule has 0 aliphatic carbocycles. The molecule has 20 heavy (non-hydrogen) atoms. The molecule has 0 saturated carbocycles. The van der Waals surface area contributed by atoms with Crippen molar-refractivity contribution < 1.29 is 4.74 Å². The molecule has 0 amide bonds. The molecule has 0 atom stereocenters. The van der Waals surface area contributed by atoms with E-state index in [1.807, 2.05) is 37.3 Å². The lowest BCUT2D eigenvalue weighted by atomic mass is 10.1. The van der Waals surface area contributed by atoms with Crippen molar-refractivity contribution in [1.82, 2.24) is 0 Å². The zero-order valence-electron chi connectivity index (χ0n) is 11.2. The smallest absolute Gasteiger partial charge is 0.142 e. The van der Waals surface area contributed by atoms with Gasteiger partial charge in [-0.1, -0.05) is 29.8 Å². The molecule has 0 aliphatic rings. The SMILES string of the molecule is CCOc1ccccc1NCc1ccc(C#N)cc1Cl. The Hall–Kier alpha value is -2.18. The highest BCUT2D eigenvalue weighted by atomic mass is 35.5. The first kappa shape index (κ1) is 14.2. The first-order valence-electron chi connectivity index (χ1n) is 6.38. The van der Waals surface area contributed by atoms with Gasteiger partial charge in [0.15, 0.2) is 0 Å². The number of rotatable bonds is 5. The van der Waals surface area contributed by atoms with Crippen molar-refractivity contribution in [2.75, 3.05) is 11.9 Å². The predicted octanol–water partition coefficient (Wildman–Crippen LogP) is 4.22. The van der Waals surface area contributed by atoms with Crippen LogP contribution in [0.3, 0.4) is 0 Å². The molecular weight excluding hydrogens is 272 g/mol. The van der Waals surface area contributed by atoms with Crippen molar-refractivity contribution in [3.8, 4) is 11.8 Å². The van der Waals surface area contributed by atoms with Crippen molar-refractivity contribution in [1.29, 1.82) is 5.26 Å². The molecule has 0 bridgehead atoms. The van der Waals surface area contributed by atoms with Crippen LogP contribution in [0.15, 0.2) is 42.5 Å². The number of anilines is 1. The fraction of sp³-hybridized carbons (Fsp3) is 0.188. The largest absolute Gasteiger partial charge is 0.492 e. The highest BCUT2D eigenvalue weighted by Crippen LogP contribution is 2.25. The number of benzene rings is 2. The lowest BCUT2D eigenvalue weighted by molar-refractivity contribution is 0.341. The lowest BCUT2D eigenvalue weighted by Gasteiger charge is -2.13. The highest BCUT2D eigenvalue weighted by molar-refractivity contribution is 6.31. The molecule has 0 unspecified atom stereocenters. The fourth-order valence-electron chi connectivity index (χ4n) is 1.84. The summed E-state index contributed by atoms with van der Waals surface area (Å²) in [5.74, 6) is 0.819. The normalized spacial score (nSPS) is 9.85. The molecule has 2 aromatic carbocycles. The van der Waals surface area contributed by atoms with E-state index >= 15 is 0 Å². The van der Waals surface area contributed by atoms with Crippen molar-refractivity contribution in [2.24, 2.45) is 0 Å². The average molecular weight is 287 g/mol. The summed E-state index contributed by atoms with van der Waals surface area (Å²) in [6.45, 7) is 3.15. The Morgan fingerprint density at radius 3 is 2.75 bits per heavy atom. The highest BCUT2D eigenvalue weighted by Gasteiger charge is 2.05. The van der Waals surface area contributed by atoms with Crippen molar-refractivity contribution in [3.63, 3.8) is 0 Å². The average Bonchev–Trinajstić information content (AvgIpc) is 2.47. The number of hydrogen-bond donors (Lipinski definition) is 1. The van der Waals surface area contributed by atoms with Crippen molar-refractivity contribution in [3.05, 3.63) is 58.6 Å². The monoisotopic (exact) mass is 286 g/mol. The van der Waals surface area contributed by atoms with E-state index in [1.165, 1.54) is 0 Å². The van der Waals surface area contributed by atoms with Crippen LogP contribution in [0.2, 0.25) is 5.02 Å². The summed E-state index contributed by atoms with van der Waals surface area (Å²) in [5, 5.41) is 12.7. The van der Waals surface area contributed by atoms with Gasteiger partial charge in [-0.25, -0.2) is 0 Å². The Morgan fingerprint density at radius 2 is 2.05 bits per heavy atom. The molecule has 0 heterocycles. The van der Waals surface area contributed by atoms with Crippen LogP contribution in [0.5, 0.6) is 5.75 Å². The van der Waals surface area contributed by atoms with E-state index in [2.05, 4.69) is 11.4 Å². The molecule has 0 spiro atoms. The van der Waals surface area contributed by atoms with Crippen LogP contribution < -0.4 is 10.1 Å². The molecule has 0 aliphatic heterocycles. The fourth-order valence-corrected chi connectivity index (χ4v) is 2.09.